The van der Waals surface area contributed by atoms with Gasteiger partial charge in [0.15, 0.2) is 5.65 Å². The molecule has 0 aliphatic carbocycles. The molecule has 1 N–H and O–H groups in total. The van der Waals surface area contributed by atoms with Crippen molar-refractivity contribution < 1.29 is 0 Å². The van der Waals surface area contributed by atoms with Crippen LogP contribution in [0.1, 0.15) is 51.6 Å². The van der Waals surface area contributed by atoms with Crippen LogP contribution in [0.5, 0.6) is 0 Å². The Labute approximate surface area is 143 Å². The van der Waals surface area contributed by atoms with Gasteiger partial charge in [-0.15, -0.1) is 0 Å². The third-order valence-electron chi connectivity index (χ3n) is 4.25. The quantitative estimate of drug-likeness (QED) is 0.614. The molecule has 0 aliphatic rings. The van der Waals surface area contributed by atoms with Crippen molar-refractivity contribution in [3.05, 3.63) is 48.3 Å². The maximum atomic E-state index is 4.88. The first-order valence-corrected chi connectivity index (χ1v) is 8.88. The van der Waals surface area contributed by atoms with E-state index in [1.807, 2.05) is 16.8 Å². The lowest BCUT2D eigenvalue weighted by Crippen LogP contribution is -2.09. The number of nitrogens with one attached hydrogen (secondary N) is 1. The van der Waals surface area contributed by atoms with Crippen LogP contribution in [0.25, 0.3) is 16.8 Å². The van der Waals surface area contributed by atoms with Gasteiger partial charge in [-0.25, -0.2) is 4.98 Å². The third kappa shape index (κ3) is 3.42. The molecule has 126 valence electrons. The van der Waals surface area contributed by atoms with Crippen LogP contribution in [0.2, 0.25) is 0 Å². The van der Waals surface area contributed by atoms with E-state index in [0.29, 0.717) is 5.92 Å². The van der Waals surface area contributed by atoms with E-state index in [0.717, 1.165) is 34.8 Å². The second-order valence-electron chi connectivity index (χ2n) is 6.51. The lowest BCUT2D eigenvalue weighted by molar-refractivity contribution is 0.737. The predicted octanol–water partition coefficient (Wildman–Crippen LogP) is 5.12. The summed E-state index contributed by atoms with van der Waals surface area (Å²) in [5, 5.41) is 8.13. The number of rotatable bonds is 7. The molecule has 2 aromatic heterocycles. The molecule has 0 amide bonds. The molecule has 0 fully saturated rings. The fourth-order valence-corrected chi connectivity index (χ4v) is 2.82. The van der Waals surface area contributed by atoms with Crippen molar-refractivity contribution in [1.82, 2.24) is 14.6 Å². The minimum absolute atomic E-state index is 0.379. The minimum atomic E-state index is 0.379. The fourth-order valence-electron chi connectivity index (χ4n) is 2.82. The average molecular weight is 322 g/mol. The number of anilines is 1. The average Bonchev–Trinajstić information content (AvgIpc) is 3.03. The van der Waals surface area contributed by atoms with E-state index in [9.17, 15) is 0 Å². The Morgan fingerprint density at radius 3 is 2.62 bits per heavy atom. The fraction of sp³-hybridized carbons (Fsp3) is 0.400. The molecule has 0 atom stereocenters. The molecule has 3 aromatic rings. The number of fused-ring (bicyclic) bond motifs is 1. The highest BCUT2D eigenvalue weighted by Crippen LogP contribution is 2.27. The molecule has 0 aliphatic heterocycles. The molecule has 0 bridgehead atoms. The Balaban J connectivity index is 2.03. The van der Waals surface area contributed by atoms with E-state index in [2.05, 4.69) is 61.5 Å². The third-order valence-corrected chi connectivity index (χ3v) is 4.25. The molecule has 2 heterocycles. The van der Waals surface area contributed by atoms with Gasteiger partial charge in [-0.05, 0) is 17.9 Å². The van der Waals surface area contributed by atoms with Crippen molar-refractivity contribution in [3.8, 4) is 11.1 Å². The first-order chi connectivity index (χ1) is 11.7. The molecule has 0 radical (unpaired) electrons. The zero-order valence-electron chi connectivity index (χ0n) is 14.8. The molecule has 0 unspecified atom stereocenters. The molecular weight excluding hydrogens is 296 g/mol. The summed E-state index contributed by atoms with van der Waals surface area (Å²) in [6.07, 6.45) is 5.56. The maximum absolute atomic E-state index is 4.88. The highest BCUT2D eigenvalue weighted by molar-refractivity contribution is 5.78. The Morgan fingerprint density at radius 2 is 1.92 bits per heavy atom. The second kappa shape index (κ2) is 7.47. The number of hydrogen-bond acceptors (Lipinski definition) is 3. The van der Waals surface area contributed by atoms with Crippen molar-refractivity contribution in [1.29, 1.82) is 0 Å². The Hall–Kier alpha value is -2.36. The SMILES string of the molecule is CCCCCNc1cc(C(C)C)nc2c(-c3ccccc3)cnn12. The van der Waals surface area contributed by atoms with Gasteiger partial charge in [0, 0.05) is 23.9 Å². The number of aromatic nitrogens is 3. The van der Waals surface area contributed by atoms with E-state index in [1.54, 1.807) is 0 Å². The standard InChI is InChI=1S/C20H26N4/c1-4-5-9-12-21-19-13-18(15(2)3)23-20-17(14-22-24(19)20)16-10-7-6-8-11-16/h6-8,10-11,13-15,21H,4-5,9,12H2,1-3H3. The van der Waals surface area contributed by atoms with Gasteiger partial charge in [0.2, 0.25) is 0 Å². The first kappa shape index (κ1) is 16.5. The summed E-state index contributed by atoms with van der Waals surface area (Å²) in [4.78, 5) is 4.88. The normalized spacial score (nSPS) is 11.3. The van der Waals surface area contributed by atoms with Gasteiger partial charge in [0.05, 0.1) is 6.20 Å². The molecule has 0 saturated heterocycles. The van der Waals surface area contributed by atoms with Crippen LogP contribution in [0.4, 0.5) is 5.82 Å². The summed E-state index contributed by atoms with van der Waals surface area (Å²) in [5.74, 6) is 1.41. The van der Waals surface area contributed by atoms with Gasteiger partial charge in [-0.1, -0.05) is 63.9 Å². The highest BCUT2D eigenvalue weighted by atomic mass is 15.3. The van der Waals surface area contributed by atoms with E-state index in [4.69, 9.17) is 4.98 Å². The molecule has 3 rings (SSSR count). The lowest BCUT2D eigenvalue weighted by Gasteiger charge is -2.12. The number of nitrogens with zero attached hydrogens (tertiary/aromatic N) is 3. The van der Waals surface area contributed by atoms with Crippen LogP contribution >= 0.6 is 0 Å². The molecule has 4 heteroatoms. The summed E-state index contributed by atoms with van der Waals surface area (Å²) < 4.78 is 1.93. The zero-order chi connectivity index (χ0) is 16.9. The van der Waals surface area contributed by atoms with Gasteiger partial charge in [-0.3, -0.25) is 0 Å². The monoisotopic (exact) mass is 322 g/mol. The number of benzene rings is 1. The van der Waals surface area contributed by atoms with Gasteiger partial charge in [0.25, 0.3) is 0 Å². The van der Waals surface area contributed by atoms with Crippen LogP contribution in [-0.4, -0.2) is 21.1 Å². The van der Waals surface area contributed by atoms with Crippen molar-refractivity contribution >= 4 is 11.5 Å². The first-order valence-electron chi connectivity index (χ1n) is 8.88. The molecular formula is C20H26N4. The van der Waals surface area contributed by atoms with Crippen LogP contribution < -0.4 is 5.32 Å². The lowest BCUT2D eigenvalue weighted by atomic mass is 10.1. The predicted molar refractivity (Wildman–Crippen MR) is 101 cm³/mol. The van der Waals surface area contributed by atoms with Crippen LogP contribution in [0, 0.1) is 0 Å². The van der Waals surface area contributed by atoms with Crippen LogP contribution in [0.15, 0.2) is 42.6 Å². The topological polar surface area (TPSA) is 42.2 Å². The highest BCUT2D eigenvalue weighted by Gasteiger charge is 2.14. The van der Waals surface area contributed by atoms with E-state index >= 15 is 0 Å². The van der Waals surface area contributed by atoms with Crippen LogP contribution in [-0.2, 0) is 0 Å². The van der Waals surface area contributed by atoms with Crippen molar-refractivity contribution in [2.45, 2.75) is 46.0 Å². The van der Waals surface area contributed by atoms with Gasteiger partial charge >= 0.3 is 0 Å². The van der Waals surface area contributed by atoms with Gasteiger partial charge < -0.3 is 5.32 Å². The number of hydrogen-bond donors (Lipinski definition) is 1. The van der Waals surface area contributed by atoms with E-state index in [1.165, 1.54) is 19.3 Å². The molecule has 24 heavy (non-hydrogen) atoms. The van der Waals surface area contributed by atoms with E-state index in [-0.39, 0.29) is 0 Å². The number of unbranched alkanes of at least 4 members (excludes halogenated alkanes) is 2. The Morgan fingerprint density at radius 1 is 1.12 bits per heavy atom. The minimum Gasteiger partial charge on any atom is -0.370 e. The molecule has 1 aromatic carbocycles. The smallest absolute Gasteiger partial charge is 0.165 e. The maximum Gasteiger partial charge on any atom is 0.165 e. The van der Waals surface area contributed by atoms with Gasteiger partial charge in [0.1, 0.15) is 5.82 Å². The Bertz CT molecular complexity index is 790. The summed E-state index contributed by atoms with van der Waals surface area (Å²) in [7, 11) is 0. The molecule has 4 nitrogen and oxygen atoms in total. The van der Waals surface area contributed by atoms with Crippen molar-refractivity contribution in [2.75, 3.05) is 11.9 Å². The molecule has 0 spiro atoms. The van der Waals surface area contributed by atoms with Crippen molar-refractivity contribution in [2.24, 2.45) is 0 Å². The van der Waals surface area contributed by atoms with Gasteiger partial charge in [-0.2, -0.15) is 9.61 Å². The van der Waals surface area contributed by atoms with Crippen molar-refractivity contribution in [3.63, 3.8) is 0 Å². The van der Waals surface area contributed by atoms with E-state index < -0.39 is 0 Å². The zero-order valence-corrected chi connectivity index (χ0v) is 14.8. The second-order valence-corrected chi connectivity index (χ2v) is 6.51. The largest absolute Gasteiger partial charge is 0.370 e. The van der Waals surface area contributed by atoms with Crippen LogP contribution in [0.3, 0.4) is 0 Å². The molecule has 0 saturated carbocycles. The Kier molecular flexibility index (Phi) is 5.14. The summed E-state index contributed by atoms with van der Waals surface area (Å²) in [5.41, 5.74) is 4.25. The summed E-state index contributed by atoms with van der Waals surface area (Å²) in [6, 6.07) is 12.5. The summed E-state index contributed by atoms with van der Waals surface area (Å²) >= 11 is 0. The summed E-state index contributed by atoms with van der Waals surface area (Å²) in [6.45, 7) is 7.54.